The van der Waals surface area contributed by atoms with E-state index in [1.54, 1.807) is 0 Å². The minimum atomic E-state index is -0.743. The van der Waals surface area contributed by atoms with E-state index in [2.05, 4.69) is 16.1 Å². The molecule has 0 radical (unpaired) electrons. The number of carbonyl (C=O) groups is 2. The van der Waals surface area contributed by atoms with E-state index in [4.69, 9.17) is 6.42 Å². The van der Waals surface area contributed by atoms with Crippen LogP contribution in [0.1, 0.15) is 46.0 Å². The van der Waals surface area contributed by atoms with E-state index in [-0.39, 0.29) is 30.5 Å². The molecule has 2 heterocycles. The van der Waals surface area contributed by atoms with Gasteiger partial charge in [0.25, 0.3) is 0 Å². The van der Waals surface area contributed by atoms with Crippen LogP contribution in [0.3, 0.4) is 0 Å². The number of hydrogen-bond donors (Lipinski definition) is 2. The summed E-state index contributed by atoms with van der Waals surface area (Å²) in [6, 6.07) is 0.229. The van der Waals surface area contributed by atoms with Crippen molar-refractivity contribution in [3.8, 4) is 12.3 Å². The van der Waals surface area contributed by atoms with Crippen LogP contribution >= 0.6 is 0 Å². The summed E-state index contributed by atoms with van der Waals surface area (Å²) in [6.45, 7) is 4.18. The highest BCUT2D eigenvalue weighted by atomic mass is 16.4. The SMILES string of the molecule is C#CC(CC)(CC)NC(=O)CN1C2CCC1C(C(=O)O)C2. The molecule has 116 valence electrons. The first-order valence-corrected chi connectivity index (χ1v) is 7.73. The van der Waals surface area contributed by atoms with Crippen molar-refractivity contribution in [3.05, 3.63) is 0 Å². The maximum atomic E-state index is 12.3. The van der Waals surface area contributed by atoms with E-state index in [0.717, 1.165) is 12.8 Å². The fourth-order valence-electron chi connectivity index (χ4n) is 3.75. The van der Waals surface area contributed by atoms with Gasteiger partial charge in [-0.25, -0.2) is 0 Å². The Morgan fingerprint density at radius 2 is 2.05 bits per heavy atom. The Hall–Kier alpha value is -1.54. The van der Waals surface area contributed by atoms with Gasteiger partial charge in [-0.2, -0.15) is 0 Å². The predicted molar refractivity (Wildman–Crippen MR) is 79.5 cm³/mol. The van der Waals surface area contributed by atoms with E-state index in [1.807, 2.05) is 13.8 Å². The van der Waals surface area contributed by atoms with Gasteiger partial charge in [0.2, 0.25) is 5.91 Å². The smallest absolute Gasteiger partial charge is 0.308 e. The van der Waals surface area contributed by atoms with Gasteiger partial charge in [0.05, 0.1) is 12.5 Å². The molecule has 0 aromatic rings. The zero-order chi connectivity index (χ0) is 15.6. The van der Waals surface area contributed by atoms with E-state index in [9.17, 15) is 14.7 Å². The average Bonchev–Trinajstić information content (AvgIpc) is 3.02. The molecule has 2 bridgehead atoms. The monoisotopic (exact) mass is 292 g/mol. The number of hydrogen-bond acceptors (Lipinski definition) is 3. The van der Waals surface area contributed by atoms with Crippen LogP contribution in [-0.4, -0.2) is 46.1 Å². The number of nitrogens with zero attached hydrogens (tertiary/aromatic N) is 1. The zero-order valence-electron chi connectivity index (χ0n) is 12.8. The Kier molecular flexibility index (Phi) is 4.58. The molecule has 3 unspecified atom stereocenters. The van der Waals surface area contributed by atoms with Gasteiger partial charge < -0.3 is 10.4 Å². The first kappa shape index (κ1) is 15.8. The second-order valence-corrected chi connectivity index (χ2v) is 6.13. The highest BCUT2D eigenvalue weighted by Gasteiger charge is 2.49. The van der Waals surface area contributed by atoms with E-state index < -0.39 is 11.5 Å². The molecular weight excluding hydrogens is 268 g/mol. The number of carboxylic acid groups (broad SMARTS) is 1. The van der Waals surface area contributed by atoms with Crippen LogP contribution in [0.15, 0.2) is 0 Å². The lowest BCUT2D eigenvalue weighted by atomic mass is 9.89. The Morgan fingerprint density at radius 3 is 2.52 bits per heavy atom. The molecule has 0 saturated carbocycles. The van der Waals surface area contributed by atoms with Crippen molar-refractivity contribution in [2.45, 2.75) is 63.6 Å². The minimum absolute atomic E-state index is 0.00161. The third-order valence-electron chi connectivity index (χ3n) is 5.19. The maximum Gasteiger partial charge on any atom is 0.308 e. The molecular formula is C16H24N2O3. The van der Waals surface area contributed by atoms with Crippen molar-refractivity contribution in [2.75, 3.05) is 6.54 Å². The van der Waals surface area contributed by atoms with E-state index >= 15 is 0 Å². The molecule has 1 amide bonds. The molecule has 5 heteroatoms. The van der Waals surface area contributed by atoms with Crippen LogP contribution in [-0.2, 0) is 9.59 Å². The van der Waals surface area contributed by atoms with Crippen LogP contribution in [0.5, 0.6) is 0 Å². The average molecular weight is 292 g/mol. The van der Waals surface area contributed by atoms with Crippen molar-refractivity contribution in [3.63, 3.8) is 0 Å². The van der Waals surface area contributed by atoms with Gasteiger partial charge in [-0.05, 0) is 32.1 Å². The minimum Gasteiger partial charge on any atom is -0.481 e. The van der Waals surface area contributed by atoms with Gasteiger partial charge in [-0.3, -0.25) is 14.5 Å². The maximum absolute atomic E-state index is 12.3. The highest BCUT2D eigenvalue weighted by molar-refractivity contribution is 5.80. The molecule has 0 aliphatic carbocycles. The number of nitrogens with one attached hydrogen (secondary N) is 1. The number of terminal acetylenes is 1. The Labute approximate surface area is 126 Å². The molecule has 0 aromatic heterocycles. The Morgan fingerprint density at radius 1 is 1.38 bits per heavy atom. The Bertz CT molecular complexity index is 465. The standard InChI is InChI=1S/C16H24N2O3/c1-4-16(5-2,6-3)17-14(19)10-18-11-7-8-13(18)12(9-11)15(20)21/h1,11-13H,5-10H2,2-3H3,(H,17,19)(H,20,21). The van der Waals surface area contributed by atoms with Crippen LogP contribution in [0.4, 0.5) is 0 Å². The molecule has 21 heavy (non-hydrogen) atoms. The molecule has 3 atom stereocenters. The van der Waals surface area contributed by atoms with Crippen LogP contribution in [0.2, 0.25) is 0 Å². The summed E-state index contributed by atoms with van der Waals surface area (Å²) in [5.41, 5.74) is -0.581. The van der Waals surface area contributed by atoms with Crippen LogP contribution < -0.4 is 5.32 Å². The Balaban J connectivity index is 1.98. The lowest BCUT2D eigenvalue weighted by molar-refractivity contribution is -0.143. The zero-order valence-corrected chi connectivity index (χ0v) is 12.8. The quantitative estimate of drug-likeness (QED) is 0.723. The van der Waals surface area contributed by atoms with Crippen molar-refractivity contribution < 1.29 is 14.7 Å². The van der Waals surface area contributed by atoms with Crippen molar-refractivity contribution >= 4 is 11.9 Å². The molecule has 2 saturated heterocycles. The summed E-state index contributed by atoms with van der Waals surface area (Å²) in [5, 5.41) is 12.2. The number of fused-ring (bicyclic) bond motifs is 2. The number of carboxylic acids is 1. The second-order valence-electron chi connectivity index (χ2n) is 6.13. The number of amides is 1. The molecule has 5 nitrogen and oxygen atoms in total. The lowest BCUT2D eigenvalue weighted by Crippen LogP contribution is -2.51. The number of rotatable bonds is 6. The van der Waals surface area contributed by atoms with Gasteiger partial charge in [-0.1, -0.05) is 19.8 Å². The lowest BCUT2D eigenvalue weighted by Gasteiger charge is -2.29. The van der Waals surface area contributed by atoms with Crippen LogP contribution in [0, 0.1) is 18.3 Å². The summed E-state index contributed by atoms with van der Waals surface area (Å²) < 4.78 is 0. The van der Waals surface area contributed by atoms with Crippen molar-refractivity contribution in [1.82, 2.24) is 10.2 Å². The third-order valence-corrected chi connectivity index (χ3v) is 5.19. The first-order valence-electron chi connectivity index (χ1n) is 7.73. The van der Waals surface area contributed by atoms with Crippen molar-refractivity contribution in [1.29, 1.82) is 0 Å². The van der Waals surface area contributed by atoms with Gasteiger partial charge in [0.15, 0.2) is 0 Å². The summed E-state index contributed by atoms with van der Waals surface area (Å²) in [5.74, 6) is 1.52. The third kappa shape index (κ3) is 2.91. The molecule has 2 rings (SSSR count). The van der Waals surface area contributed by atoms with E-state index in [1.165, 1.54) is 0 Å². The normalized spacial score (nSPS) is 28.3. The fourth-order valence-corrected chi connectivity index (χ4v) is 3.75. The number of aliphatic carboxylic acids is 1. The topological polar surface area (TPSA) is 69.6 Å². The molecule has 2 aliphatic heterocycles. The second kappa shape index (κ2) is 6.07. The van der Waals surface area contributed by atoms with Gasteiger partial charge in [-0.15, -0.1) is 6.42 Å². The summed E-state index contributed by atoms with van der Waals surface area (Å²) >= 11 is 0. The van der Waals surface area contributed by atoms with Crippen molar-refractivity contribution in [2.24, 2.45) is 5.92 Å². The van der Waals surface area contributed by atoms with Gasteiger partial charge in [0, 0.05) is 12.1 Å². The first-order chi connectivity index (χ1) is 9.96. The summed E-state index contributed by atoms with van der Waals surface area (Å²) in [6.07, 6.45) is 9.46. The molecule has 2 fully saturated rings. The van der Waals surface area contributed by atoms with Gasteiger partial charge in [0.1, 0.15) is 5.54 Å². The number of carbonyl (C=O) groups excluding carboxylic acids is 1. The summed E-state index contributed by atoms with van der Waals surface area (Å²) in [7, 11) is 0. The largest absolute Gasteiger partial charge is 0.481 e. The fraction of sp³-hybridized carbons (Fsp3) is 0.750. The predicted octanol–water partition coefficient (Wildman–Crippen LogP) is 1.23. The van der Waals surface area contributed by atoms with Crippen LogP contribution in [0.25, 0.3) is 0 Å². The summed E-state index contributed by atoms with van der Waals surface area (Å²) in [4.78, 5) is 25.6. The molecule has 0 spiro atoms. The van der Waals surface area contributed by atoms with Gasteiger partial charge >= 0.3 is 5.97 Å². The highest BCUT2D eigenvalue weighted by Crippen LogP contribution is 2.41. The molecule has 0 aromatic carbocycles. The van der Waals surface area contributed by atoms with E-state index in [0.29, 0.717) is 19.3 Å². The molecule has 2 aliphatic rings. The molecule has 2 N–H and O–H groups in total.